The smallest absolute Gasteiger partial charge is 0.349 e. The second-order valence-electron chi connectivity index (χ2n) is 17.8. The summed E-state index contributed by atoms with van der Waals surface area (Å²) in [7, 11) is -1.13. The van der Waals surface area contributed by atoms with Crippen molar-refractivity contribution in [3.8, 4) is 16.2 Å². The number of carboxylic acids is 2. The Kier molecular flexibility index (Phi) is 14.2. The summed E-state index contributed by atoms with van der Waals surface area (Å²) in [5.74, 6) is -2.94. The van der Waals surface area contributed by atoms with E-state index in [2.05, 4.69) is 34.9 Å². The van der Waals surface area contributed by atoms with Gasteiger partial charge in [-0.2, -0.15) is 0 Å². The minimum Gasteiger partial charge on any atom is -0.479 e. The molecule has 3 saturated heterocycles. The lowest BCUT2D eigenvalue weighted by atomic mass is 9.85. The Morgan fingerprint density at radius 1 is 0.956 bits per heavy atom. The number of nitrogen functional groups attached to an aromatic ring is 1. The van der Waals surface area contributed by atoms with Crippen LogP contribution in [0.4, 0.5) is 21.9 Å². The van der Waals surface area contributed by atoms with Gasteiger partial charge in [-0.1, -0.05) is 60.5 Å². The summed E-state index contributed by atoms with van der Waals surface area (Å²) >= 11 is 7.03. The quantitative estimate of drug-likeness (QED) is 0.0625. The third-order valence-electron chi connectivity index (χ3n) is 12.8. The van der Waals surface area contributed by atoms with Gasteiger partial charge in [-0.15, -0.1) is 11.3 Å². The number of thiophene rings is 1. The van der Waals surface area contributed by atoms with Gasteiger partial charge in [0.05, 0.1) is 27.3 Å². The standard InChI is InChI=1S/C36H41N5O5S.C13H10ClNO5S/c1-36(2)17-3-4-18-40(36)47(46)22-23-7-5-8-25(21-23)37-35(45)39-19-15-24(16-20-39)26-11-12-29-32-27(26)9-6-10-28(32)34(44)41(29)30-13-14-31(42)38-33(30)43;14-9-10(20-5-8(16)17)12(13(18)19)21-11(9)6-2-1-3-7(15)4-6/h5-12,21,24,30H,3-4,13-20,22H2,1-2H3,(H,37,45)(H,38,42,43);1-4H,5,15H2,(H,16,17)(H,18,19). The molecule has 1 aromatic heterocycles. The van der Waals surface area contributed by atoms with Crippen molar-refractivity contribution in [1.82, 2.24) is 14.5 Å². The number of urea groups is 1. The van der Waals surface area contributed by atoms with Crippen LogP contribution in [0.5, 0.6) is 5.75 Å². The molecule has 19 heteroatoms. The van der Waals surface area contributed by atoms with E-state index in [-0.39, 0.29) is 51.4 Å². The molecule has 0 bridgehead atoms. The fraction of sp³-hybridized carbons (Fsp3) is 0.347. The maximum absolute atomic E-state index is 13.5. The zero-order valence-electron chi connectivity index (χ0n) is 37.4. The molecule has 5 heterocycles. The average molecular weight is 984 g/mol. The topological polar surface area (TPSA) is 229 Å². The van der Waals surface area contributed by atoms with Crippen LogP contribution in [-0.2, 0) is 31.1 Å². The number of likely N-dealkylation sites (tertiary alicyclic amines) is 1. The Morgan fingerprint density at radius 2 is 1.71 bits per heavy atom. The molecule has 0 radical (unpaired) electrons. The largest absolute Gasteiger partial charge is 0.479 e. The summed E-state index contributed by atoms with van der Waals surface area (Å²) in [5, 5.41) is 25.1. The second-order valence-corrected chi connectivity index (χ2v) is 20.6. The number of benzene rings is 4. The number of carbonyl (C=O) groups is 6. The molecule has 5 aromatic rings. The summed E-state index contributed by atoms with van der Waals surface area (Å²) in [4.78, 5) is 76.7. The van der Waals surface area contributed by atoms with Crippen LogP contribution in [0.25, 0.3) is 21.2 Å². The number of nitrogens with zero attached hydrogens (tertiary/aromatic N) is 3. The minimum absolute atomic E-state index is 0.0595. The predicted octanol–water partition coefficient (Wildman–Crippen LogP) is 8.26. The number of anilines is 3. The van der Waals surface area contributed by atoms with E-state index in [0.717, 1.165) is 71.9 Å². The highest BCUT2D eigenvalue weighted by Crippen LogP contribution is 2.46. The molecule has 4 aliphatic heterocycles. The van der Waals surface area contributed by atoms with Gasteiger partial charge in [0.15, 0.2) is 17.2 Å². The zero-order valence-corrected chi connectivity index (χ0v) is 39.8. The normalized spacial score (nSPS) is 18.7. The first-order valence-electron chi connectivity index (χ1n) is 22.3. The molecule has 0 aliphatic carbocycles. The molecule has 68 heavy (non-hydrogen) atoms. The Morgan fingerprint density at radius 3 is 2.41 bits per heavy atom. The zero-order chi connectivity index (χ0) is 48.4. The molecule has 4 aliphatic rings. The molecular formula is C49H51ClN6O10S2. The average Bonchev–Trinajstić information content (AvgIpc) is 3.79. The Balaban J connectivity index is 0.000000249. The summed E-state index contributed by atoms with van der Waals surface area (Å²) in [6.45, 7) is 5.67. The summed E-state index contributed by atoms with van der Waals surface area (Å²) in [6, 6.07) is 23.3. The number of rotatable bonds is 11. The number of hydrogen-bond donors (Lipinski definition) is 5. The molecule has 356 valence electrons. The van der Waals surface area contributed by atoms with E-state index in [9.17, 15) is 33.0 Å². The predicted molar refractivity (Wildman–Crippen MR) is 262 cm³/mol. The van der Waals surface area contributed by atoms with Gasteiger partial charge in [-0.3, -0.25) is 24.6 Å². The van der Waals surface area contributed by atoms with Gasteiger partial charge in [0, 0.05) is 53.9 Å². The molecule has 3 fully saturated rings. The van der Waals surface area contributed by atoms with Gasteiger partial charge in [-0.25, -0.2) is 22.9 Å². The van der Waals surface area contributed by atoms with Gasteiger partial charge >= 0.3 is 18.0 Å². The lowest BCUT2D eigenvalue weighted by Crippen LogP contribution is -2.53. The SMILES string of the molecule is CC1(C)CCCCN1S(=O)Cc1cccc(NC(=O)N2CCC(c3ccc4c5c(cccc35)C(=O)N4C3CCC(=O)NC3=O)CC2)c1.Nc1cccc(-c2sc(C(=O)O)c(OCC(=O)O)c2Cl)c1. The minimum atomic E-state index is -1.24. The van der Waals surface area contributed by atoms with Crippen molar-refractivity contribution < 1.29 is 47.9 Å². The van der Waals surface area contributed by atoms with Gasteiger partial charge in [-0.05, 0) is 110 Å². The molecule has 16 nitrogen and oxygen atoms in total. The van der Waals surface area contributed by atoms with Gasteiger partial charge in [0.1, 0.15) is 11.1 Å². The first-order valence-corrected chi connectivity index (χ1v) is 24.8. The van der Waals surface area contributed by atoms with E-state index in [0.29, 0.717) is 58.3 Å². The van der Waals surface area contributed by atoms with Crippen LogP contribution in [0.3, 0.4) is 0 Å². The molecule has 0 spiro atoms. The van der Waals surface area contributed by atoms with E-state index < -0.39 is 41.5 Å². The fourth-order valence-corrected chi connectivity index (χ4v) is 12.5. The maximum atomic E-state index is 13.5. The van der Waals surface area contributed by atoms with Crippen LogP contribution >= 0.6 is 22.9 Å². The first-order chi connectivity index (χ1) is 32.5. The second kappa shape index (κ2) is 20.1. The number of halogens is 1. The van der Waals surface area contributed by atoms with Crippen molar-refractivity contribution in [2.75, 3.05) is 42.2 Å². The third kappa shape index (κ3) is 10.1. The Labute approximate surface area is 404 Å². The van der Waals surface area contributed by atoms with E-state index in [1.54, 1.807) is 35.2 Å². The van der Waals surface area contributed by atoms with Gasteiger partial charge < -0.3 is 30.9 Å². The highest BCUT2D eigenvalue weighted by molar-refractivity contribution is 7.81. The molecule has 2 atom stereocenters. The molecule has 2 unspecified atom stereocenters. The third-order valence-corrected chi connectivity index (χ3v) is 16.2. The van der Waals surface area contributed by atoms with Crippen LogP contribution in [-0.4, -0.2) is 97.1 Å². The molecule has 0 saturated carbocycles. The highest BCUT2D eigenvalue weighted by atomic mass is 35.5. The van der Waals surface area contributed by atoms with Crippen LogP contribution in [0, 0.1) is 0 Å². The van der Waals surface area contributed by atoms with Crippen molar-refractivity contribution in [2.24, 2.45) is 0 Å². The Bertz CT molecular complexity index is 2860. The first kappa shape index (κ1) is 48.1. The van der Waals surface area contributed by atoms with E-state index in [4.69, 9.17) is 32.3 Å². The number of nitrogens with one attached hydrogen (secondary N) is 2. The van der Waals surface area contributed by atoms with E-state index in [1.807, 2.05) is 47.4 Å². The van der Waals surface area contributed by atoms with Crippen molar-refractivity contribution >= 4 is 97.4 Å². The molecule has 4 aromatic carbocycles. The van der Waals surface area contributed by atoms with E-state index >= 15 is 0 Å². The lowest BCUT2D eigenvalue weighted by molar-refractivity contribution is -0.139. The van der Waals surface area contributed by atoms with Crippen LogP contribution in [0.15, 0.2) is 78.9 Å². The van der Waals surface area contributed by atoms with Gasteiger partial charge in [0.2, 0.25) is 11.8 Å². The summed E-state index contributed by atoms with van der Waals surface area (Å²) < 4.78 is 20.4. The number of aromatic carboxylic acids is 1. The van der Waals surface area contributed by atoms with Crippen LogP contribution < -0.4 is 26.0 Å². The number of amides is 5. The number of piperidine rings is 3. The molecular weight excluding hydrogens is 932 g/mol. The maximum Gasteiger partial charge on any atom is 0.349 e. The number of hydrogen-bond acceptors (Lipinski definition) is 10. The molecule has 6 N–H and O–H groups in total. The van der Waals surface area contributed by atoms with Crippen molar-refractivity contribution in [3.05, 3.63) is 105 Å². The number of carbonyl (C=O) groups excluding carboxylic acids is 4. The number of nitrogens with two attached hydrogens (primary N) is 1. The monoisotopic (exact) mass is 982 g/mol. The van der Waals surface area contributed by atoms with Crippen LogP contribution in [0.1, 0.15) is 95.9 Å². The molecule has 5 amide bonds. The number of ether oxygens (including phenoxy) is 1. The van der Waals surface area contributed by atoms with Crippen molar-refractivity contribution in [2.45, 2.75) is 82.0 Å². The number of carboxylic acid groups (broad SMARTS) is 2. The van der Waals surface area contributed by atoms with E-state index in [1.165, 1.54) is 0 Å². The Hall–Kier alpha value is -6.34. The van der Waals surface area contributed by atoms with Crippen molar-refractivity contribution in [1.29, 1.82) is 0 Å². The van der Waals surface area contributed by atoms with Crippen LogP contribution in [0.2, 0.25) is 5.02 Å². The number of aliphatic carboxylic acids is 1. The highest BCUT2D eigenvalue weighted by Gasteiger charge is 2.41. The van der Waals surface area contributed by atoms with Crippen molar-refractivity contribution in [3.63, 3.8) is 0 Å². The number of imide groups is 1. The molecule has 9 rings (SSSR count). The lowest BCUT2D eigenvalue weighted by Gasteiger charge is -2.41. The fourth-order valence-electron chi connectivity index (χ4n) is 9.46. The van der Waals surface area contributed by atoms with Gasteiger partial charge in [0.25, 0.3) is 5.91 Å². The summed E-state index contributed by atoms with van der Waals surface area (Å²) in [6.07, 6.45) is 5.32. The summed E-state index contributed by atoms with van der Waals surface area (Å²) in [5.41, 5.74) is 10.8.